The minimum Gasteiger partial charge on any atom is -0.296 e. The van der Waals surface area contributed by atoms with Crippen molar-refractivity contribution in [2.24, 2.45) is 0 Å². The van der Waals surface area contributed by atoms with E-state index in [1.807, 2.05) is 60.7 Å². The van der Waals surface area contributed by atoms with Crippen LogP contribution in [0.3, 0.4) is 0 Å². The van der Waals surface area contributed by atoms with E-state index in [4.69, 9.17) is 21.1 Å². The van der Waals surface area contributed by atoms with E-state index in [1.54, 1.807) is 15.9 Å². The third kappa shape index (κ3) is 5.66. The molecule has 3 heterocycles. The predicted octanol–water partition coefficient (Wildman–Crippen LogP) is 7.10. The van der Waals surface area contributed by atoms with Gasteiger partial charge in [-0.2, -0.15) is 0 Å². The second-order valence-electron chi connectivity index (χ2n) is 9.91. The highest BCUT2D eigenvalue weighted by Gasteiger charge is 2.18. The van der Waals surface area contributed by atoms with Gasteiger partial charge in [0.15, 0.2) is 5.82 Å². The molecule has 206 valence electrons. The van der Waals surface area contributed by atoms with Gasteiger partial charge < -0.3 is 0 Å². The Hall–Kier alpha value is -4.27. The minimum absolute atomic E-state index is 0.0991. The number of nitrogens with one attached hydrogen (secondary N) is 1. The summed E-state index contributed by atoms with van der Waals surface area (Å²) in [5.74, 6) is -0.222. The quantitative estimate of drug-likeness (QED) is 0.183. The molecule has 0 aliphatic carbocycles. The Morgan fingerprint density at radius 2 is 1.73 bits per heavy atom. The zero-order chi connectivity index (χ0) is 28.3. The van der Waals surface area contributed by atoms with E-state index in [1.165, 1.54) is 4.70 Å². The Morgan fingerprint density at radius 3 is 2.46 bits per heavy atom. The average molecular weight is 583 g/mol. The van der Waals surface area contributed by atoms with Crippen molar-refractivity contribution in [3.05, 3.63) is 127 Å². The van der Waals surface area contributed by atoms with Crippen molar-refractivity contribution in [3.63, 3.8) is 0 Å². The Labute approximate surface area is 245 Å². The number of unbranched alkanes of at least 4 members (excludes halogenated alkanes) is 1. The molecular formula is C32H27ClN4O3S. The molecule has 0 aliphatic heterocycles. The van der Waals surface area contributed by atoms with Crippen LogP contribution in [0.4, 0.5) is 0 Å². The van der Waals surface area contributed by atoms with Crippen LogP contribution in [0, 0.1) is 0 Å². The van der Waals surface area contributed by atoms with Crippen LogP contribution in [0.5, 0.6) is 0 Å². The molecule has 41 heavy (non-hydrogen) atoms. The highest BCUT2D eigenvalue weighted by atomic mass is 35.5. The molecule has 0 bridgehead atoms. The van der Waals surface area contributed by atoms with E-state index in [0.29, 0.717) is 30.8 Å². The normalized spacial score (nSPS) is 11.4. The molecule has 0 unspecified atom stereocenters. The number of H-pyrrole nitrogens is 1. The Morgan fingerprint density at radius 1 is 0.976 bits per heavy atom. The van der Waals surface area contributed by atoms with Crippen LogP contribution in [0.1, 0.15) is 41.5 Å². The van der Waals surface area contributed by atoms with Crippen LogP contribution in [0.15, 0.2) is 93.0 Å². The van der Waals surface area contributed by atoms with E-state index in [2.05, 4.69) is 35.3 Å². The molecule has 0 fully saturated rings. The SMILES string of the molecule is CCCCc1nc(Cl)n(Cc2cc3ccccc3s2)c(=O)c1Cc1ccc(-c2ccccc2-c2noc(=O)[nH]2)cc1. The van der Waals surface area contributed by atoms with Gasteiger partial charge in [0.25, 0.3) is 5.56 Å². The number of aromatic nitrogens is 4. The van der Waals surface area contributed by atoms with Gasteiger partial charge in [-0.15, -0.1) is 11.3 Å². The van der Waals surface area contributed by atoms with Crippen LogP contribution in [0.2, 0.25) is 5.28 Å². The predicted molar refractivity (Wildman–Crippen MR) is 164 cm³/mol. The van der Waals surface area contributed by atoms with Gasteiger partial charge >= 0.3 is 5.76 Å². The van der Waals surface area contributed by atoms with Gasteiger partial charge in [-0.25, -0.2) is 9.78 Å². The summed E-state index contributed by atoms with van der Waals surface area (Å²) in [7, 11) is 0. The lowest BCUT2D eigenvalue weighted by Crippen LogP contribution is -2.28. The number of hydrogen-bond donors (Lipinski definition) is 1. The monoisotopic (exact) mass is 582 g/mol. The second-order valence-corrected chi connectivity index (χ2v) is 11.4. The molecule has 9 heteroatoms. The van der Waals surface area contributed by atoms with Gasteiger partial charge in [-0.3, -0.25) is 18.9 Å². The molecule has 0 radical (unpaired) electrons. The van der Waals surface area contributed by atoms with E-state index < -0.39 is 5.76 Å². The molecule has 0 aliphatic rings. The van der Waals surface area contributed by atoms with Crippen molar-refractivity contribution in [1.29, 1.82) is 0 Å². The maximum atomic E-state index is 13.9. The van der Waals surface area contributed by atoms with E-state index in [-0.39, 0.29) is 10.8 Å². The molecule has 6 rings (SSSR count). The number of halogens is 1. The van der Waals surface area contributed by atoms with Crippen molar-refractivity contribution in [2.45, 2.75) is 39.2 Å². The Kier molecular flexibility index (Phi) is 7.67. The first-order chi connectivity index (χ1) is 20.0. The number of aryl methyl sites for hydroxylation is 1. The summed E-state index contributed by atoms with van der Waals surface area (Å²) in [5.41, 5.74) is 4.96. The lowest BCUT2D eigenvalue weighted by molar-refractivity contribution is 0.388. The lowest BCUT2D eigenvalue weighted by Gasteiger charge is -2.14. The molecule has 0 atom stereocenters. The first-order valence-electron chi connectivity index (χ1n) is 13.5. The highest BCUT2D eigenvalue weighted by molar-refractivity contribution is 7.19. The van der Waals surface area contributed by atoms with Gasteiger partial charge in [0.1, 0.15) is 0 Å². The van der Waals surface area contributed by atoms with E-state index in [0.717, 1.165) is 51.1 Å². The van der Waals surface area contributed by atoms with Crippen molar-refractivity contribution in [1.82, 2.24) is 19.7 Å². The van der Waals surface area contributed by atoms with Crippen molar-refractivity contribution in [3.8, 4) is 22.5 Å². The van der Waals surface area contributed by atoms with E-state index in [9.17, 15) is 9.59 Å². The number of rotatable bonds is 9. The minimum atomic E-state index is -0.599. The molecule has 3 aromatic heterocycles. The fourth-order valence-electron chi connectivity index (χ4n) is 5.04. The molecule has 3 aromatic carbocycles. The van der Waals surface area contributed by atoms with Gasteiger partial charge in [-0.05, 0) is 58.7 Å². The molecule has 6 aromatic rings. The highest BCUT2D eigenvalue weighted by Crippen LogP contribution is 2.30. The first kappa shape index (κ1) is 26.9. The summed E-state index contributed by atoms with van der Waals surface area (Å²) in [6.45, 7) is 2.50. The third-order valence-electron chi connectivity index (χ3n) is 7.13. The topological polar surface area (TPSA) is 93.8 Å². The summed E-state index contributed by atoms with van der Waals surface area (Å²) in [6.07, 6.45) is 3.07. The average Bonchev–Trinajstić information content (AvgIpc) is 3.62. The molecule has 1 N–H and O–H groups in total. The van der Waals surface area contributed by atoms with Gasteiger partial charge in [0.05, 0.1) is 12.2 Å². The summed E-state index contributed by atoms with van der Waals surface area (Å²) in [4.78, 5) is 33.8. The van der Waals surface area contributed by atoms with Crippen LogP contribution < -0.4 is 11.3 Å². The zero-order valence-electron chi connectivity index (χ0n) is 22.4. The number of fused-ring (bicyclic) bond motifs is 1. The van der Waals surface area contributed by atoms with Gasteiger partial charge in [-0.1, -0.05) is 85.2 Å². The maximum absolute atomic E-state index is 13.9. The standard InChI is InChI=1S/C32H27ClN4O3S/c1-2-3-11-27-26(30(38)37(31(33)34-27)19-23-18-22-8-4-7-12-28(22)41-23)17-20-13-15-21(16-14-20)24-9-5-6-10-25(24)29-35-32(39)40-36-29/h4-10,12-16,18H,2-3,11,17,19H2,1H3,(H,35,36,39). The molecule has 0 saturated carbocycles. The summed E-state index contributed by atoms with van der Waals surface area (Å²) < 4.78 is 7.47. The van der Waals surface area contributed by atoms with E-state index >= 15 is 0 Å². The van der Waals surface area contributed by atoms with Gasteiger partial charge in [0, 0.05) is 27.1 Å². The van der Waals surface area contributed by atoms with Crippen molar-refractivity contribution in [2.75, 3.05) is 0 Å². The first-order valence-corrected chi connectivity index (χ1v) is 14.7. The second kappa shape index (κ2) is 11.7. The number of aromatic amines is 1. The molecular weight excluding hydrogens is 556 g/mol. The summed E-state index contributed by atoms with van der Waals surface area (Å²) in [6, 6.07) is 26.0. The van der Waals surface area contributed by atoms with Crippen molar-refractivity contribution < 1.29 is 4.52 Å². The Bertz CT molecular complexity index is 1920. The summed E-state index contributed by atoms with van der Waals surface area (Å²) in [5, 5.41) is 5.23. The number of thiophene rings is 1. The fourth-order valence-corrected chi connectivity index (χ4v) is 6.33. The molecule has 0 spiro atoms. The van der Waals surface area contributed by atoms with Crippen LogP contribution in [-0.2, 0) is 19.4 Å². The number of benzene rings is 3. The lowest BCUT2D eigenvalue weighted by atomic mass is 9.96. The number of nitrogens with zero attached hydrogens (tertiary/aromatic N) is 3. The fraction of sp³-hybridized carbons (Fsp3) is 0.188. The Balaban J connectivity index is 1.33. The summed E-state index contributed by atoms with van der Waals surface area (Å²) >= 11 is 8.28. The van der Waals surface area contributed by atoms with Crippen LogP contribution in [-0.4, -0.2) is 19.7 Å². The molecule has 0 amide bonds. The smallest absolute Gasteiger partial charge is 0.296 e. The van der Waals surface area contributed by atoms with Crippen LogP contribution in [0.25, 0.3) is 32.6 Å². The largest absolute Gasteiger partial charge is 0.439 e. The van der Waals surface area contributed by atoms with Crippen molar-refractivity contribution >= 4 is 33.0 Å². The molecule has 0 saturated heterocycles. The number of hydrogen-bond acceptors (Lipinski definition) is 6. The third-order valence-corrected chi connectivity index (χ3v) is 8.52. The van der Waals surface area contributed by atoms with Gasteiger partial charge in [0.2, 0.25) is 5.28 Å². The molecule has 7 nitrogen and oxygen atoms in total. The zero-order valence-corrected chi connectivity index (χ0v) is 24.0. The van der Waals surface area contributed by atoms with Crippen LogP contribution >= 0.6 is 22.9 Å². The maximum Gasteiger partial charge on any atom is 0.439 e.